The molecule has 3 N–H and O–H groups in total. The number of aromatic nitrogens is 1. The molecular weight excluding hydrogens is 570 g/mol. The smallest absolute Gasteiger partial charge is 0.300 e. The number of hydrogen-bond donors (Lipinski definition) is 2. The number of alkyl halides is 2. The van der Waals surface area contributed by atoms with Crippen LogP contribution in [0.1, 0.15) is 12.0 Å². The lowest BCUT2D eigenvalue weighted by Gasteiger charge is -2.36. The Balaban J connectivity index is 1.17. The summed E-state index contributed by atoms with van der Waals surface area (Å²) in [6, 6.07) is 6.26. The molecule has 40 heavy (non-hydrogen) atoms. The van der Waals surface area contributed by atoms with Gasteiger partial charge in [-0.3, -0.25) is 4.79 Å². The Bertz CT molecular complexity index is 1420. The summed E-state index contributed by atoms with van der Waals surface area (Å²) in [5.74, 6) is -2.85. The summed E-state index contributed by atoms with van der Waals surface area (Å²) in [5, 5.41) is 2.83. The van der Waals surface area contributed by atoms with E-state index >= 15 is 8.78 Å². The van der Waals surface area contributed by atoms with Gasteiger partial charge in [-0.15, -0.1) is 0 Å². The number of pyridine rings is 1. The van der Waals surface area contributed by atoms with E-state index in [1.165, 1.54) is 22.5 Å². The predicted octanol–water partition coefficient (Wildman–Crippen LogP) is 1.15. The maximum Gasteiger partial charge on any atom is 0.300 e. The lowest BCUT2D eigenvalue weighted by atomic mass is 10.0. The standard InChI is InChI=1S/C25H29ClF2N6O5S/c26-22-9-15(25(27,28)21-13-30-3-8-38-21)10-23(31-22)32-4-6-33(7-5-32)40(36,37)16-1-2-18-20(11-16)39-14-19-17(29)12-24(35)34(18)19/h1-2,9-11,17,19,21,30H,3-8,12-14,29H2/t17?,19?,21-/m1/s1. The quantitative estimate of drug-likeness (QED) is 0.487. The van der Waals surface area contributed by atoms with Crippen molar-refractivity contribution in [2.24, 2.45) is 5.73 Å². The van der Waals surface area contributed by atoms with Crippen molar-refractivity contribution >= 4 is 39.0 Å². The molecule has 3 fully saturated rings. The van der Waals surface area contributed by atoms with Crippen molar-refractivity contribution in [1.82, 2.24) is 14.6 Å². The second kappa shape index (κ2) is 10.3. The predicted molar refractivity (Wildman–Crippen MR) is 143 cm³/mol. The van der Waals surface area contributed by atoms with E-state index in [1.807, 2.05) is 0 Å². The fourth-order valence-electron chi connectivity index (χ4n) is 5.60. The number of ether oxygens (including phenoxy) is 2. The second-order valence-electron chi connectivity index (χ2n) is 10.3. The third kappa shape index (κ3) is 4.80. The van der Waals surface area contributed by atoms with Gasteiger partial charge in [0.2, 0.25) is 15.9 Å². The average Bonchev–Trinajstić information content (AvgIpc) is 3.26. The van der Waals surface area contributed by atoms with Gasteiger partial charge in [-0.05, 0) is 24.3 Å². The van der Waals surface area contributed by atoms with Crippen LogP contribution in [0.3, 0.4) is 0 Å². The zero-order chi connectivity index (χ0) is 28.2. The van der Waals surface area contributed by atoms with Gasteiger partial charge in [-0.25, -0.2) is 13.4 Å². The number of benzene rings is 1. The highest BCUT2D eigenvalue weighted by molar-refractivity contribution is 7.89. The number of amides is 1. The Morgan fingerprint density at radius 3 is 2.65 bits per heavy atom. The Labute approximate surface area is 235 Å². The van der Waals surface area contributed by atoms with E-state index < -0.39 is 22.0 Å². The number of halogens is 3. The number of sulfonamides is 1. The van der Waals surface area contributed by atoms with E-state index in [2.05, 4.69) is 10.3 Å². The van der Waals surface area contributed by atoms with Crippen LogP contribution >= 0.6 is 11.6 Å². The molecule has 6 rings (SSSR count). The van der Waals surface area contributed by atoms with Crippen LogP contribution in [0.4, 0.5) is 20.3 Å². The lowest BCUT2D eigenvalue weighted by molar-refractivity contribution is -0.151. The van der Waals surface area contributed by atoms with Crippen molar-refractivity contribution in [3.63, 3.8) is 0 Å². The molecule has 2 aromatic rings. The molecule has 0 saturated carbocycles. The molecular formula is C25H29ClF2N6O5S. The number of fused-ring (bicyclic) bond motifs is 3. The molecule has 15 heteroatoms. The minimum absolute atomic E-state index is 0.00893. The maximum absolute atomic E-state index is 15.2. The average molecular weight is 599 g/mol. The Morgan fingerprint density at radius 2 is 1.93 bits per heavy atom. The first-order chi connectivity index (χ1) is 19.1. The Kier molecular flexibility index (Phi) is 7.12. The number of carbonyl (C=O) groups is 1. The highest BCUT2D eigenvalue weighted by Crippen LogP contribution is 2.40. The van der Waals surface area contributed by atoms with Crippen molar-refractivity contribution in [2.75, 3.05) is 62.3 Å². The monoisotopic (exact) mass is 598 g/mol. The number of rotatable bonds is 5. The fraction of sp³-hybridized carbons (Fsp3) is 0.520. The van der Waals surface area contributed by atoms with Gasteiger partial charge in [-0.2, -0.15) is 13.1 Å². The first kappa shape index (κ1) is 27.5. The molecule has 11 nitrogen and oxygen atoms in total. The van der Waals surface area contributed by atoms with E-state index in [0.29, 0.717) is 18.0 Å². The maximum atomic E-state index is 15.2. The fourth-order valence-corrected chi connectivity index (χ4v) is 7.24. The number of nitrogens with one attached hydrogen (secondary N) is 1. The molecule has 0 spiro atoms. The van der Waals surface area contributed by atoms with Gasteiger partial charge in [0.15, 0.2) is 0 Å². The topological polar surface area (TPSA) is 130 Å². The number of morpholine rings is 1. The summed E-state index contributed by atoms with van der Waals surface area (Å²) in [7, 11) is -3.89. The molecule has 1 amide bonds. The highest BCUT2D eigenvalue weighted by Gasteiger charge is 2.45. The molecule has 1 aromatic heterocycles. The van der Waals surface area contributed by atoms with Crippen molar-refractivity contribution in [2.45, 2.75) is 35.4 Å². The van der Waals surface area contributed by atoms with Crippen LogP contribution < -0.4 is 25.6 Å². The van der Waals surface area contributed by atoms with Crippen LogP contribution in [0.5, 0.6) is 5.75 Å². The minimum Gasteiger partial charge on any atom is -0.489 e. The van der Waals surface area contributed by atoms with E-state index in [-0.39, 0.29) is 91.8 Å². The summed E-state index contributed by atoms with van der Waals surface area (Å²) in [5.41, 5.74) is 6.25. The molecule has 5 heterocycles. The minimum atomic E-state index is -3.89. The first-order valence-corrected chi connectivity index (χ1v) is 14.9. The van der Waals surface area contributed by atoms with Gasteiger partial charge >= 0.3 is 0 Å². The van der Waals surface area contributed by atoms with Gasteiger partial charge in [0.05, 0.1) is 23.2 Å². The van der Waals surface area contributed by atoms with Gasteiger partial charge in [0, 0.05) is 63.4 Å². The molecule has 0 bridgehead atoms. The van der Waals surface area contributed by atoms with Crippen molar-refractivity contribution in [3.05, 3.63) is 41.0 Å². The van der Waals surface area contributed by atoms with E-state index in [9.17, 15) is 13.2 Å². The van der Waals surface area contributed by atoms with Crippen LogP contribution in [0.25, 0.3) is 0 Å². The summed E-state index contributed by atoms with van der Waals surface area (Å²) >= 11 is 6.13. The molecule has 216 valence electrons. The summed E-state index contributed by atoms with van der Waals surface area (Å²) in [6.07, 6.45) is -1.12. The van der Waals surface area contributed by atoms with Crippen LogP contribution in [-0.4, -0.2) is 94.3 Å². The lowest BCUT2D eigenvalue weighted by Crippen LogP contribution is -2.49. The molecule has 0 aliphatic carbocycles. The molecule has 1 aromatic carbocycles. The zero-order valence-electron chi connectivity index (χ0n) is 21.4. The van der Waals surface area contributed by atoms with E-state index in [0.717, 1.165) is 6.07 Å². The van der Waals surface area contributed by atoms with Crippen molar-refractivity contribution in [1.29, 1.82) is 0 Å². The molecule has 4 aliphatic heterocycles. The number of nitrogens with two attached hydrogens (primary N) is 1. The zero-order valence-corrected chi connectivity index (χ0v) is 23.0. The molecule has 0 radical (unpaired) electrons. The normalized spacial score (nSPS) is 25.9. The SMILES string of the molecule is NC1CC(=O)N2c3ccc(S(=O)(=O)N4CCN(c5cc(C(F)(F)[C@H]6CNCCO6)cc(Cl)n5)CC4)cc3OCC12. The van der Waals surface area contributed by atoms with E-state index in [4.69, 9.17) is 26.8 Å². The number of carbonyl (C=O) groups excluding carboxylic acids is 1. The largest absolute Gasteiger partial charge is 0.489 e. The first-order valence-electron chi connectivity index (χ1n) is 13.0. The third-order valence-corrected chi connectivity index (χ3v) is 9.89. The number of hydrogen-bond acceptors (Lipinski definition) is 9. The Hall–Kier alpha value is -2.62. The van der Waals surface area contributed by atoms with Gasteiger partial charge in [0.25, 0.3) is 5.92 Å². The number of piperazine rings is 1. The molecule has 4 aliphatic rings. The number of nitrogens with zero attached hydrogens (tertiary/aromatic N) is 4. The Morgan fingerprint density at radius 1 is 1.15 bits per heavy atom. The van der Waals surface area contributed by atoms with Crippen molar-refractivity contribution < 1.29 is 31.5 Å². The van der Waals surface area contributed by atoms with Crippen LogP contribution in [0.2, 0.25) is 5.15 Å². The molecule has 2 unspecified atom stereocenters. The summed E-state index contributed by atoms with van der Waals surface area (Å²) in [6.45, 7) is 1.56. The van der Waals surface area contributed by atoms with Crippen molar-refractivity contribution in [3.8, 4) is 5.75 Å². The summed E-state index contributed by atoms with van der Waals surface area (Å²) < 4.78 is 69.8. The van der Waals surface area contributed by atoms with Gasteiger partial charge in [0.1, 0.15) is 29.4 Å². The molecule has 3 atom stereocenters. The third-order valence-electron chi connectivity index (χ3n) is 7.80. The molecule has 3 saturated heterocycles. The van der Waals surface area contributed by atoms with Crippen LogP contribution in [-0.2, 0) is 25.5 Å². The van der Waals surface area contributed by atoms with Crippen LogP contribution in [0, 0.1) is 0 Å². The van der Waals surface area contributed by atoms with Gasteiger partial charge < -0.3 is 30.3 Å². The van der Waals surface area contributed by atoms with Crippen LogP contribution in [0.15, 0.2) is 35.2 Å². The van der Waals surface area contributed by atoms with E-state index in [1.54, 1.807) is 15.9 Å². The number of anilines is 2. The van der Waals surface area contributed by atoms with Gasteiger partial charge in [-0.1, -0.05) is 11.6 Å². The highest BCUT2D eigenvalue weighted by atomic mass is 35.5. The summed E-state index contributed by atoms with van der Waals surface area (Å²) in [4.78, 5) is 20.0. The second-order valence-corrected chi connectivity index (χ2v) is 12.6.